The van der Waals surface area contributed by atoms with Crippen molar-refractivity contribution >= 4 is 29.7 Å². The number of hydrogen-bond acceptors (Lipinski definition) is 6. The summed E-state index contributed by atoms with van der Waals surface area (Å²) >= 11 is 0. The van der Waals surface area contributed by atoms with E-state index in [9.17, 15) is 44.7 Å². The molecule has 1 atom stereocenters. The highest BCUT2D eigenvalue weighted by molar-refractivity contribution is 7.91. The third-order valence-electron chi connectivity index (χ3n) is 9.77. The summed E-state index contributed by atoms with van der Waals surface area (Å²) in [5, 5.41) is 15.4. The summed E-state index contributed by atoms with van der Waals surface area (Å²) in [6, 6.07) is 7.14. The Kier molecular flexibility index (Phi) is 8.97. The number of amides is 1. The highest BCUT2D eigenvalue weighted by Gasteiger charge is 2.71. The molecule has 3 N–H and O–H groups in total. The van der Waals surface area contributed by atoms with Crippen LogP contribution in [0.15, 0.2) is 47.4 Å². The molecule has 4 rings (SSSR count). The van der Waals surface area contributed by atoms with Gasteiger partial charge in [0.1, 0.15) is 5.54 Å². The van der Waals surface area contributed by atoms with Crippen molar-refractivity contribution in [2.45, 2.75) is 113 Å². The van der Waals surface area contributed by atoms with Gasteiger partial charge in [-0.2, -0.15) is 26.3 Å². The summed E-state index contributed by atoms with van der Waals surface area (Å²) in [6.07, 6.45) is -10.8. The summed E-state index contributed by atoms with van der Waals surface area (Å²) in [7, 11) is -6.03. The Morgan fingerprint density at radius 1 is 0.936 bits per heavy atom. The number of alkyl halides is 6. The highest BCUT2D eigenvalue weighted by atomic mass is 32.2. The maximum absolute atomic E-state index is 13.9. The van der Waals surface area contributed by atoms with Crippen molar-refractivity contribution in [2.75, 3.05) is 11.1 Å². The third kappa shape index (κ3) is 6.50. The van der Waals surface area contributed by atoms with Gasteiger partial charge in [0.25, 0.3) is 5.60 Å². The Morgan fingerprint density at radius 2 is 1.47 bits per heavy atom. The average molecular weight is 709 g/mol. The van der Waals surface area contributed by atoms with Crippen LogP contribution in [0, 0.1) is 5.41 Å². The minimum atomic E-state index is -6.05. The zero-order chi connectivity index (χ0) is 35.9. The van der Waals surface area contributed by atoms with E-state index in [1.54, 1.807) is 26.8 Å². The number of halogens is 6. The van der Waals surface area contributed by atoms with E-state index in [-0.39, 0.29) is 27.9 Å². The maximum Gasteiger partial charge on any atom is 0.430 e. The molecule has 0 radical (unpaired) electrons. The Bertz CT molecular complexity index is 1630. The first-order valence-corrected chi connectivity index (χ1v) is 19.7. The molecule has 2 aliphatic rings. The predicted octanol–water partition coefficient (Wildman–Crippen LogP) is 7.31. The van der Waals surface area contributed by atoms with E-state index in [4.69, 9.17) is 4.43 Å². The third-order valence-corrected chi connectivity index (χ3v) is 16.2. The summed E-state index contributed by atoms with van der Waals surface area (Å²) < 4.78 is 114. The molecule has 0 saturated heterocycles. The maximum atomic E-state index is 13.9. The number of carbonyl (C=O) groups is 1. The molecular formula is C32H42F6N2O5SSi. The molecule has 0 bridgehead atoms. The number of anilines is 1. The molecule has 1 saturated carbocycles. The largest absolute Gasteiger partial charge is 0.430 e. The monoisotopic (exact) mass is 708 g/mol. The zero-order valence-corrected chi connectivity index (χ0v) is 29.4. The molecule has 1 unspecified atom stereocenters. The standard InChI is InChI=1S/C32H42F6N2O5SSi/c1-26(2,3)29(25(41)40-22-11-9-21(10-12-22)30(42,31(33,34)35)32(36,37)38)24-14-13-23(17-20(24)18-39-29)46(43,44)19-28(15-16-28)45-47(7,8)27(4,5)6/h9-14,17,39,42H,15-16,18-19H2,1-8H3,(H,40,41). The molecule has 47 heavy (non-hydrogen) atoms. The van der Waals surface area contributed by atoms with E-state index in [1.165, 1.54) is 12.1 Å². The van der Waals surface area contributed by atoms with E-state index >= 15 is 0 Å². The van der Waals surface area contributed by atoms with Crippen molar-refractivity contribution in [3.8, 4) is 0 Å². The summed E-state index contributed by atoms with van der Waals surface area (Å²) in [6.45, 7) is 15.9. The minimum absolute atomic E-state index is 0.0886. The fourth-order valence-electron chi connectivity index (χ4n) is 5.86. The van der Waals surface area contributed by atoms with Gasteiger partial charge in [0.2, 0.25) is 5.91 Å². The quantitative estimate of drug-likeness (QED) is 0.196. The number of sulfone groups is 1. The van der Waals surface area contributed by atoms with Gasteiger partial charge in [0, 0.05) is 17.8 Å². The molecular weight excluding hydrogens is 667 g/mol. The van der Waals surface area contributed by atoms with E-state index in [0.717, 1.165) is 12.1 Å². The van der Waals surface area contributed by atoms with Crippen LogP contribution in [0.3, 0.4) is 0 Å². The van der Waals surface area contributed by atoms with Crippen molar-refractivity contribution in [3.05, 3.63) is 59.2 Å². The van der Waals surface area contributed by atoms with Gasteiger partial charge in [-0.15, -0.1) is 0 Å². The highest BCUT2D eigenvalue weighted by Crippen LogP contribution is 2.52. The predicted molar refractivity (Wildman–Crippen MR) is 168 cm³/mol. The Labute approximate surface area is 272 Å². The van der Waals surface area contributed by atoms with Crippen LogP contribution < -0.4 is 10.6 Å². The Morgan fingerprint density at radius 3 is 1.91 bits per heavy atom. The van der Waals surface area contributed by atoms with Gasteiger partial charge in [-0.05, 0) is 71.8 Å². The molecule has 1 aliphatic carbocycles. The van der Waals surface area contributed by atoms with E-state index in [2.05, 4.69) is 44.5 Å². The number of aliphatic hydroxyl groups is 1. The number of rotatable bonds is 8. The summed E-state index contributed by atoms with van der Waals surface area (Å²) in [5.74, 6) is -0.828. The van der Waals surface area contributed by atoms with Gasteiger partial charge in [0.15, 0.2) is 18.2 Å². The molecule has 1 aliphatic heterocycles. The molecule has 1 heterocycles. The van der Waals surface area contributed by atoms with Crippen molar-refractivity contribution in [1.82, 2.24) is 5.32 Å². The second-order valence-corrected chi connectivity index (χ2v) is 21.9. The summed E-state index contributed by atoms with van der Waals surface area (Å²) in [4.78, 5) is 14.0. The van der Waals surface area contributed by atoms with E-state index in [1.807, 2.05) is 0 Å². The average Bonchev–Trinajstić information content (AvgIpc) is 3.49. The molecule has 7 nitrogen and oxygen atoms in total. The van der Waals surface area contributed by atoms with Crippen LogP contribution >= 0.6 is 0 Å². The Balaban J connectivity index is 1.62. The van der Waals surface area contributed by atoms with Crippen LogP contribution in [0.25, 0.3) is 0 Å². The number of nitrogens with one attached hydrogen (secondary N) is 2. The van der Waals surface area contributed by atoms with E-state index < -0.39 is 64.1 Å². The SMILES string of the molecule is CC(C)(C)C1(C(=O)Nc2ccc(C(O)(C(F)(F)F)C(F)(F)F)cc2)NCc2cc(S(=O)(=O)CC3(O[Si](C)(C)C(C)(C)C)CC3)ccc21. The Hall–Kier alpha value is -2.46. The molecule has 1 amide bonds. The smallest absolute Gasteiger partial charge is 0.410 e. The summed E-state index contributed by atoms with van der Waals surface area (Å²) in [5.41, 5.74) is -8.66. The lowest BCUT2D eigenvalue weighted by Gasteiger charge is -2.41. The second kappa shape index (κ2) is 11.3. The lowest BCUT2D eigenvalue weighted by atomic mass is 9.69. The van der Waals surface area contributed by atoms with Crippen LogP contribution in [-0.4, -0.2) is 51.5 Å². The molecule has 0 aromatic heterocycles. The van der Waals surface area contributed by atoms with Crippen molar-refractivity contribution in [2.24, 2.45) is 5.41 Å². The molecule has 2 aromatic carbocycles. The van der Waals surface area contributed by atoms with Crippen molar-refractivity contribution in [3.63, 3.8) is 0 Å². The first kappa shape index (κ1) is 37.4. The van der Waals surface area contributed by atoms with Gasteiger partial charge < -0.3 is 14.8 Å². The first-order chi connectivity index (χ1) is 21.0. The fourth-order valence-corrected chi connectivity index (χ4v) is 9.43. The molecule has 262 valence electrons. The van der Waals surface area contributed by atoms with Crippen molar-refractivity contribution < 1.29 is 49.1 Å². The molecule has 15 heteroatoms. The van der Waals surface area contributed by atoms with E-state index in [0.29, 0.717) is 36.1 Å². The number of hydrogen-bond donors (Lipinski definition) is 3. The normalized spacial score (nSPS) is 20.6. The van der Waals surface area contributed by atoms with Gasteiger partial charge in [-0.3, -0.25) is 10.1 Å². The molecule has 2 aromatic rings. The number of benzene rings is 2. The van der Waals surface area contributed by atoms with Crippen LogP contribution in [0.2, 0.25) is 18.1 Å². The molecule has 1 fully saturated rings. The van der Waals surface area contributed by atoms with Crippen LogP contribution in [0.5, 0.6) is 0 Å². The van der Waals surface area contributed by atoms with Gasteiger partial charge in [0.05, 0.1) is 16.2 Å². The van der Waals surface area contributed by atoms with Crippen LogP contribution in [0.1, 0.15) is 71.1 Å². The zero-order valence-electron chi connectivity index (χ0n) is 27.6. The van der Waals surface area contributed by atoms with Gasteiger partial charge >= 0.3 is 12.4 Å². The van der Waals surface area contributed by atoms with Gasteiger partial charge in [-0.25, -0.2) is 8.42 Å². The lowest BCUT2D eigenvalue weighted by molar-refractivity contribution is -0.376. The number of fused-ring (bicyclic) bond motifs is 1. The topological polar surface area (TPSA) is 105 Å². The second-order valence-electron chi connectivity index (χ2n) is 15.2. The van der Waals surface area contributed by atoms with Crippen LogP contribution in [0.4, 0.5) is 32.0 Å². The first-order valence-electron chi connectivity index (χ1n) is 15.1. The molecule has 0 spiro atoms. The minimum Gasteiger partial charge on any atom is -0.410 e. The van der Waals surface area contributed by atoms with Crippen molar-refractivity contribution in [1.29, 1.82) is 0 Å². The van der Waals surface area contributed by atoms with Crippen LogP contribution in [-0.2, 0) is 36.7 Å². The van der Waals surface area contributed by atoms with Gasteiger partial charge in [-0.1, -0.05) is 59.7 Å². The lowest BCUT2D eigenvalue weighted by Crippen LogP contribution is -2.56. The number of carbonyl (C=O) groups excluding carboxylic acids is 1. The fraction of sp³-hybridized carbons (Fsp3) is 0.594.